The predicted octanol–water partition coefficient (Wildman–Crippen LogP) is 3.32. The van der Waals surface area contributed by atoms with Gasteiger partial charge in [0.15, 0.2) is 5.06 Å². The average Bonchev–Trinajstić information content (AvgIpc) is 2.72. The zero-order valence-electron chi connectivity index (χ0n) is 16.5. The van der Waals surface area contributed by atoms with Gasteiger partial charge in [0.05, 0.1) is 0 Å². The fourth-order valence-electron chi connectivity index (χ4n) is 3.83. The number of ether oxygens (including phenoxy) is 1. The number of halogens is 4. The summed E-state index contributed by atoms with van der Waals surface area (Å²) in [5, 5.41) is 9.45. The van der Waals surface area contributed by atoms with Crippen LogP contribution in [-0.2, 0) is 14.3 Å². The SMILES string of the molecule is O=C(NC1=CC=C(c2ccccc2)C(Cl)(OC(F)(F)F)C1)C1CCCCN1C(=O)CO. The maximum Gasteiger partial charge on any atom is 0.524 e. The number of rotatable bonds is 5. The molecular formula is C21H22ClF3N2O4. The molecule has 0 aromatic heterocycles. The largest absolute Gasteiger partial charge is 0.524 e. The van der Waals surface area contributed by atoms with Crippen LogP contribution in [0.5, 0.6) is 0 Å². The third kappa shape index (κ3) is 5.66. The highest BCUT2D eigenvalue weighted by Gasteiger charge is 2.47. The number of aliphatic hydroxyl groups excluding tert-OH is 1. The molecule has 1 aliphatic carbocycles. The fourth-order valence-corrected chi connectivity index (χ4v) is 4.24. The molecule has 2 unspecified atom stereocenters. The predicted molar refractivity (Wildman–Crippen MR) is 107 cm³/mol. The Bertz CT molecular complexity index is 888. The lowest BCUT2D eigenvalue weighted by Crippen LogP contribution is -2.53. The van der Waals surface area contributed by atoms with Gasteiger partial charge in [-0.25, -0.2) is 0 Å². The molecule has 1 aliphatic heterocycles. The summed E-state index contributed by atoms with van der Waals surface area (Å²) in [7, 11) is 0. The molecule has 168 valence electrons. The Morgan fingerprint density at radius 2 is 1.94 bits per heavy atom. The van der Waals surface area contributed by atoms with E-state index in [0.29, 0.717) is 31.4 Å². The van der Waals surface area contributed by atoms with Crippen molar-refractivity contribution >= 4 is 29.0 Å². The van der Waals surface area contributed by atoms with E-state index in [4.69, 9.17) is 16.7 Å². The van der Waals surface area contributed by atoms with Gasteiger partial charge < -0.3 is 15.3 Å². The number of hydrogen-bond acceptors (Lipinski definition) is 4. The number of carbonyl (C=O) groups is 2. The Labute approximate surface area is 182 Å². The summed E-state index contributed by atoms with van der Waals surface area (Å²) >= 11 is 6.33. The molecule has 2 aliphatic rings. The van der Waals surface area contributed by atoms with Crippen molar-refractivity contribution in [1.29, 1.82) is 0 Å². The molecule has 2 amide bonds. The summed E-state index contributed by atoms with van der Waals surface area (Å²) in [6.45, 7) is -0.398. The summed E-state index contributed by atoms with van der Waals surface area (Å²) in [5.41, 5.74) is 0.695. The van der Waals surface area contributed by atoms with Crippen LogP contribution in [0.25, 0.3) is 5.57 Å². The molecule has 1 saturated heterocycles. The zero-order valence-corrected chi connectivity index (χ0v) is 17.2. The number of nitrogens with zero attached hydrogens (tertiary/aromatic N) is 1. The van der Waals surface area contributed by atoms with Crippen LogP contribution in [0.15, 0.2) is 48.2 Å². The Morgan fingerprint density at radius 1 is 1.23 bits per heavy atom. The van der Waals surface area contributed by atoms with Gasteiger partial charge in [-0.3, -0.25) is 14.3 Å². The van der Waals surface area contributed by atoms with Gasteiger partial charge in [0.25, 0.3) is 0 Å². The molecule has 1 heterocycles. The molecule has 0 saturated carbocycles. The summed E-state index contributed by atoms with van der Waals surface area (Å²) in [6, 6.07) is 7.46. The van der Waals surface area contributed by atoms with Gasteiger partial charge in [0, 0.05) is 24.2 Å². The van der Waals surface area contributed by atoms with Gasteiger partial charge in [-0.2, -0.15) is 0 Å². The Morgan fingerprint density at radius 3 is 2.58 bits per heavy atom. The Hall–Kier alpha value is -2.36. The van der Waals surface area contributed by atoms with Crippen molar-refractivity contribution in [3.8, 4) is 0 Å². The number of piperidine rings is 1. The third-order valence-corrected chi connectivity index (χ3v) is 5.59. The van der Waals surface area contributed by atoms with E-state index in [-0.39, 0.29) is 11.3 Å². The fraction of sp³-hybridized carbons (Fsp3) is 0.429. The van der Waals surface area contributed by atoms with Gasteiger partial charge in [-0.1, -0.05) is 48.0 Å². The number of carbonyl (C=O) groups excluding carboxylic acids is 2. The van der Waals surface area contributed by atoms with Crippen molar-refractivity contribution in [2.75, 3.05) is 13.2 Å². The summed E-state index contributed by atoms with van der Waals surface area (Å²) in [6.07, 6.45) is -0.795. The van der Waals surface area contributed by atoms with Gasteiger partial charge in [-0.15, -0.1) is 13.2 Å². The number of aliphatic hydroxyl groups is 1. The lowest BCUT2D eigenvalue weighted by atomic mass is 9.92. The molecule has 31 heavy (non-hydrogen) atoms. The van der Waals surface area contributed by atoms with Crippen LogP contribution >= 0.6 is 11.6 Å². The second kappa shape index (κ2) is 9.42. The van der Waals surface area contributed by atoms with E-state index in [0.717, 1.165) is 0 Å². The van der Waals surface area contributed by atoms with Crippen molar-refractivity contribution < 1.29 is 32.6 Å². The van der Waals surface area contributed by atoms with Crippen molar-refractivity contribution in [2.24, 2.45) is 0 Å². The lowest BCUT2D eigenvalue weighted by molar-refractivity contribution is -0.342. The minimum Gasteiger partial charge on any atom is -0.387 e. The first-order valence-electron chi connectivity index (χ1n) is 9.77. The van der Waals surface area contributed by atoms with Crippen LogP contribution < -0.4 is 5.32 Å². The molecule has 1 fully saturated rings. The first-order chi connectivity index (χ1) is 14.6. The number of likely N-dealkylation sites (tertiary alicyclic amines) is 1. The molecule has 1 aromatic carbocycles. The van der Waals surface area contributed by atoms with E-state index < -0.39 is 42.3 Å². The molecular weight excluding hydrogens is 437 g/mol. The van der Waals surface area contributed by atoms with Crippen molar-refractivity contribution in [1.82, 2.24) is 10.2 Å². The smallest absolute Gasteiger partial charge is 0.387 e. The molecule has 2 atom stereocenters. The maximum atomic E-state index is 13.1. The summed E-state index contributed by atoms with van der Waals surface area (Å²) in [5.74, 6) is -1.12. The summed E-state index contributed by atoms with van der Waals surface area (Å²) < 4.78 is 43.7. The molecule has 2 N–H and O–H groups in total. The first kappa shape index (κ1) is 23.3. The van der Waals surface area contributed by atoms with Gasteiger partial charge >= 0.3 is 6.36 Å². The van der Waals surface area contributed by atoms with Gasteiger partial charge in [0.2, 0.25) is 11.8 Å². The van der Waals surface area contributed by atoms with E-state index >= 15 is 0 Å². The zero-order chi connectivity index (χ0) is 22.6. The lowest BCUT2D eigenvalue weighted by Gasteiger charge is -2.36. The summed E-state index contributed by atoms with van der Waals surface area (Å²) in [4.78, 5) is 26.0. The molecule has 0 radical (unpaired) electrons. The minimum atomic E-state index is -5.00. The second-order valence-electron chi connectivity index (χ2n) is 7.34. The average molecular weight is 459 g/mol. The quantitative estimate of drug-likeness (QED) is 0.663. The van der Waals surface area contributed by atoms with Gasteiger partial charge in [-0.05, 0) is 30.9 Å². The standard InChI is InChI=1S/C21H22ClF3N2O4/c22-20(31-21(23,24)25)12-15(9-10-16(20)14-6-2-1-3-7-14)26-19(30)17-8-4-5-11-27(17)18(29)13-28/h1-3,6-7,9-10,17,28H,4-5,8,11-13H2,(H,26,30). The van der Waals surface area contributed by atoms with Crippen molar-refractivity contribution in [3.05, 3.63) is 53.7 Å². The first-order valence-corrected chi connectivity index (χ1v) is 10.1. The number of allylic oxidation sites excluding steroid dienone is 2. The van der Waals surface area contributed by atoms with E-state index in [1.165, 1.54) is 17.1 Å². The second-order valence-corrected chi connectivity index (χ2v) is 7.95. The monoisotopic (exact) mass is 458 g/mol. The molecule has 3 rings (SSSR count). The van der Waals surface area contributed by atoms with E-state index in [2.05, 4.69) is 10.1 Å². The number of amides is 2. The number of hydrogen-bond donors (Lipinski definition) is 2. The van der Waals surface area contributed by atoms with Crippen LogP contribution in [0, 0.1) is 0 Å². The van der Waals surface area contributed by atoms with Crippen LogP contribution in [0.2, 0.25) is 0 Å². The van der Waals surface area contributed by atoms with Crippen LogP contribution in [0.4, 0.5) is 13.2 Å². The highest BCUT2D eigenvalue weighted by Crippen LogP contribution is 2.45. The van der Waals surface area contributed by atoms with Crippen molar-refractivity contribution in [2.45, 2.75) is 43.1 Å². The van der Waals surface area contributed by atoms with Crippen molar-refractivity contribution in [3.63, 3.8) is 0 Å². The van der Waals surface area contributed by atoms with Crippen LogP contribution in [0.3, 0.4) is 0 Å². The highest BCUT2D eigenvalue weighted by molar-refractivity contribution is 6.29. The number of alkyl halides is 4. The Kier molecular flexibility index (Phi) is 7.08. The highest BCUT2D eigenvalue weighted by atomic mass is 35.5. The van der Waals surface area contributed by atoms with Gasteiger partial charge in [0.1, 0.15) is 12.6 Å². The number of nitrogens with one attached hydrogen (secondary N) is 1. The van der Waals surface area contributed by atoms with Crippen LogP contribution in [-0.4, -0.2) is 52.4 Å². The molecule has 0 bridgehead atoms. The molecule has 10 heteroatoms. The normalized spacial score (nSPS) is 24.3. The van der Waals surface area contributed by atoms with Crippen LogP contribution in [0.1, 0.15) is 31.2 Å². The topological polar surface area (TPSA) is 78.9 Å². The molecule has 1 aromatic rings. The van der Waals surface area contributed by atoms with E-state index in [1.54, 1.807) is 30.3 Å². The molecule has 0 spiro atoms. The third-order valence-electron chi connectivity index (χ3n) is 5.18. The van der Waals surface area contributed by atoms with E-state index in [1.807, 2.05) is 0 Å². The Balaban J connectivity index is 1.85. The molecule has 6 nitrogen and oxygen atoms in total. The van der Waals surface area contributed by atoms with E-state index in [9.17, 15) is 22.8 Å². The number of benzene rings is 1. The maximum absolute atomic E-state index is 13.1. The minimum absolute atomic E-state index is 0.111.